The Labute approximate surface area is 128 Å². The maximum Gasteiger partial charge on any atom is 0.363 e. The number of aliphatic imine (C=N–C) groups is 1. The Bertz CT molecular complexity index is 746. The Balaban J connectivity index is 2.00. The van der Waals surface area contributed by atoms with Gasteiger partial charge in [-0.15, -0.1) is 11.3 Å². The van der Waals surface area contributed by atoms with E-state index in [4.69, 9.17) is 4.74 Å². The summed E-state index contributed by atoms with van der Waals surface area (Å²) in [5.74, 6) is -0.0773. The molecule has 1 aromatic heterocycles. The van der Waals surface area contributed by atoms with Crippen molar-refractivity contribution in [3.8, 4) is 0 Å². The van der Waals surface area contributed by atoms with E-state index in [1.165, 1.54) is 0 Å². The zero-order chi connectivity index (χ0) is 14.1. The predicted octanol–water partition coefficient (Wildman–Crippen LogP) is 4.16. The van der Waals surface area contributed by atoms with E-state index in [0.717, 1.165) is 20.5 Å². The number of benzene rings is 1. The number of nitrogens with zero attached hydrogens (tertiary/aromatic N) is 1. The van der Waals surface area contributed by atoms with E-state index < -0.39 is 5.97 Å². The highest BCUT2D eigenvalue weighted by molar-refractivity contribution is 9.10. The van der Waals surface area contributed by atoms with E-state index in [0.29, 0.717) is 11.6 Å². The van der Waals surface area contributed by atoms with Gasteiger partial charge in [-0.2, -0.15) is 0 Å². The third-order valence-corrected chi connectivity index (χ3v) is 4.55. The van der Waals surface area contributed by atoms with Crippen LogP contribution in [0.3, 0.4) is 0 Å². The lowest BCUT2D eigenvalue weighted by atomic mass is 10.2. The minimum atomic E-state index is -0.413. The van der Waals surface area contributed by atoms with Crippen LogP contribution in [0, 0.1) is 6.92 Å². The molecule has 100 valence electrons. The molecular weight excluding hydrogens is 338 g/mol. The van der Waals surface area contributed by atoms with Gasteiger partial charge in [0, 0.05) is 9.35 Å². The number of aryl methyl sites for hydroxylation is 1. The first-order chi connectivity index (χ1) is 9.65. The number of carbonyl (C=O) groups is 1. The summed E-state index contributed by atoms with van der Waals surface area (Å²) in [6.07, 6.45) is 1.77. The van der Waals surface area contributed by atoms with E-state index >= 15 is 0 Å². The van der Waals surface area contributed by atoms with Crippen molar-refractivity contribution in [2.24, 2.45) is 4.99 Å². The smallest absolute Gasteiger partial charge is 0.363 e. The normalized spacial score (nSPS) is 16.4. The van der Waals surface area contributed by atoms with Crippen LogP contribution in [0.2, 0.25) is 0 Å². The lowest BCUT2D eigenvalue weighted by molar-refractivity contribution is -0.129. The van der Waals surface area contributed by atoms with Gasteiger partial charge in [0.1, 0.15) is 0 Å². The second-order valence-corrected chi connectivity index (χ2v) is 6.09. The van der Waals surface area contributed by atoms with Crippen molar-refractivity contribution in [2.45, 2.75) is 6.92 Å². The largest absolute Gasteiger partial charge is 0.402 e. The minimum Gasteiger partial charge on any atom is -0.402 e. The van der Waals surface area contributed by atoms with Crippen molar-refractivity contribution in [3.63, 3.8) is 0 Å². The molecule has 5 heteroatoms. The highest BCUT2D eigenvalue weighted by atomic mass is 79.9. The fourth-order valence-corrected chi connectivity index (χ4v) is 3.12. The van der Waals surface area contributed by atoms with Crippen molar-refractivity contribution < 1.29 is 9.53 Å². The fourth-order valence-electron chi connectivity index (χ4n) is 1.82. The van der Waals surface area contributed by atoms with Gasteiger partial charge in [-0.25, -0.2) is 9.79 Å². The summed E-state index contributed by atoms with van der Waals surface area (Å²) < 4.78 is 6.09. The number of esters is 1. The number of cyclic esters (lactones) is 1. The third kappa shape index (κ3) is 2.46. The summed E-state index contributed by atoms with van der Waals surface area (Å²) in [6.45, 7) is 2.00. The zero-order valence-electron chi connectivity index (χ0n) is 10.6. The molecule has 1 aliphatic heterocycles. The molecule has 0 unspecified atom stereocenters. The molecule has 3 rings (SSSR count). The lowest BCUT2D eigenvalue weighted by Gasteiger charge is -2.01. The first kappa shape index (κ1) is 13.3. The van der Waals surface area contributed by atoms with Crippen LogP contribution in [0.25, 0.3) is 6.08 Å². The van der Waals surface area contributed by atoms with Crippen molar-refractivity contribution >= 4 is 45.2 Å². The van der Waals surface area contributed by atoms with Crippen LogP contribution in [0.5, 0.6) is 0 Å². The third-order valence-electron chi connectivity index (χ3n) is 2.89. The van der Waals surface area contributed by atoms with E-state index in [2.05, 4.69) is 20.9 Å². The van der Waals surface area contributed by atoms with Crippen LogP contribution in [0.4, 0.5) is 0 Å². The highest BCUT2D eigenvalue weighted by Gasteiger charge is 2.25. The van der Waals surface area contributed by atoms with E-state index in [-0.39, 0.29) is 0 Å². The fraction of sp³-hybridized carbons (Fsp3) is 0.0667. The standard InChI is InChI=1S/C15H10BrNO2S/c1-9-6-7-20-13(9)8-12-15(18)19-14(17-12)10-4-2-3-5-11(10)16/h2-8H,1H3/b12-8-. The van der Waals surface area contributed by atoms with Crippen molar-refractivity contribution in [1.29, 1.82) is 0 Å². The van der Waals surface area contributed by atoms with Gasteiger partial charge in [0.15, 0.2) is 5.70 Å². The average molecular weight is 348 g/mol. The number of thiophene rings is 1. The summed E-state index contributed by atoms with van der Waals surface area (Å²) in [4.78, 5) is 17.2. The number of rotatable bonds is 2. The van der Waals surface area contributed by atoms with Gasteiger partial charge in [-0.05, 0) is 58.1 Å². The van der Waals surface area contributed by atoms with Crippen LogP contribution in [-0.4, -0.2) is 11.9 Å². The number of ether oxygens (including phenoxy) is 1. The Morgan fingerprint density at radius 2 is 2.10 bits per heavy atom. The van der Waals surface area contributed by atoms with Crippen LogP contribution in [-0.2, 0) is 9.53 Å². The number of hydrogen-bond acceptors (Lipinski definition) is 4. The molecule has 2 aromatic rings. The summed E-state index contributed by atoms with van der Waals surface area (Å²) in [5, 5.41) is 1.99. The Morgan fingerprint density at radius 3 is 2.80 bits per heavy atom. The van der Waals surface area contributed by atoms with Crippen LogP contribution >= 0.6 is 27.3 Å². The van der Waals surface area contributed by atoms with Gasteiger partial charge in [0.2, 0.25) is 5.90 Å². The van der Waals surface area contributed by atoms with Gasteiger partial charge in [-0.3, -0.25) is 0 Å². The van der Waals surface area contributed by atoms with E-state index in [1.54, 1.807) is 17.4 Å². The van der Waals surface area contributed by atoms with Crippen molar-refractivity contribution in [3.05, 3.63) is 61.9 Å². The SMILES string of the molecule is Cc1ccsc1/C=C1\N=C(c2ccccc2Br)OC1=O. The molecule has 2 heterocycles. The lowest BCUT2D eigenvalue weighted by Crippen LogP contribution is -2.05. The van der Waals surface area contributed by atoms with Gasteiger partial charge >= 0.3 is 5.97 Å². The van der Waals surface area contributed by atoms with Crippen LogP contribution < -0.4 is 0 Å². The topological polar surface area (TPSA) is 38.7 Å². The second kappa shape index (κ2) is 5.34. The number of halogens is 1. The second-order valence-electron chi connectivity index (χ2n) is 4.28. The maximum absolute atomic E-state index is 11.9. The summed E-state index contributed by atoms with van der Waals surface area (Å²) >= 11 is 5.00. The molecule has 0 amide bonds. The molecule has 0 bridgehead atoms. The van der Waals surface area contributed by atoms with Gasteiger partial charge in [0.25, 0.3) is 0 Å². The van der Waals surface area contributed by atoms with Crippen LogP contribution in [0.1, 0.15) is 16.0 Å². The summed E-state index contributed by atoms with van der Waals surface area (Å²) in [7, 11) is 0. The predicted molar refractivity (Wildman–Crippen MR) is 83.8 cm³/mol. The number of hydrogen-bond donors (Lipinski definition) is 0. The molecule has 0 saturated heterocycles. The molecule has 0 fully saturated rings. The first-order valence-electron chi connectivity index (χ1n) is 5.97. The zero-order valence-corrected chi connectivity index (χ0v) is 13.0. The Kier molecular flexibility index (Phi) is 3.54. The van der Waals surface area contributed by atoms with Crippen LogP contribution in [0.15, 0.2) is 50.9 Å². The average Bonchev–Trinajstić information content (AvgIpc) is 2.98. The van der Waals surface area contributed by atoms with E-state index in [1.807, 2.05) is 42.6 Å². The molecule has 1 aromatic carbocycles. The van der Waals surface area contributed by atoms with Gasteiger partial charge < -0.3 is 4.74 Å². The number of carbonyl (C=O) groups excluding carboxylic acids is 1. The highest BCUT2D eigenvalue weighted by Crippen LogP contribution is 2.26. The quantitative estimate of drug-likeness (QED) is 0.604. The molecule has 0 radical (unpaired) electrons. The summed E-state index contributed by atoms with van der Waals surface area (Å²) in [6, 6.07) is 9.53. The minimum absolute atomic E-state index is 0.335. The molecule has 0 saturated carbocycles. The monoisotopic (exact) mass is 347 g/mol. The van der Waals surface area contributed by atoms with E-state index in [9.17, 15) is 4.79 Å². The van der Waals surface area contributed by atoms with Gasteiger partial charge in [-0.1, -0.05) is 12.1 Å². The molecule has 0 N–H and O–H groups in total. The first-order valence-corrected chi connectivity index (χ1v) is 7.64. The summed E-state index contributed by atoms with van der Waals surface area (Å²) in [5.41, 5.74) is 2.23. The Morgan fingerprint density at radius 1 is 1.30 bits per heavy atom. The van der Waals surface area contributed by atoms with Crippen molar-refractivity contribution in [1.82, 2.24) is 0 Å². The molecule has 3 nitrogen and oxygen atoms in total. The molecule has 0 aliphatic carbocycles. The van der Waals surface area contributed by atoms with Crippen molar-refractivity contribution in [2.75, 3.05) is 0 Å². The maximum atomic E-state index is 11.9. The van der Waals surface area contributed by atoms with Gasteiger partial charge in [0.05, 0.1) is 5.56 Å². The Hall–Kier alpha value is -1.72. The molecule has 0 atom stereocenters. The molecule has 20 heavy (non-hydrogen) atoms. The molecular formula is C15H10BrNO2S. The molecule has 0 spiro atoms. The molecule has 1 aliphatic rings.